The average molecular weight is 410 g/mol. The van der Waals surface area contributed by atoms with E-state index in [9.17, 15) is 17.6 Å². The Morgan fingerprint density at radius 3 is 2.59 bits per heavy atom. The number of carbonyl (C=O) groups is 1. The van der Waals surface area contributed by atoms with Crippen molar-refractivity contribution in [2.75, 3.05) is 7.05 Å². The summed E-state index contributed by atoms with van der Waals surface area (Å²) < 4.78 is 42.2. The van der Waals surface area contributed by atoms with Crippen LogP contribution in [0.5, 0.6) is 0 Å². The van der Waals surface area contributed by atoms with Gasteiger partial charge in [-0.15, -0.1) is 0 Å². The minimum Gasteiger partial charge on any atom is -0.316 e. The number of Topliss-reactive ketones (excluding diaryl/α,β-unsaturated/α-hetero) is 1. The fraction of sp³-hybridized carbons (Fsp3) is 0.136. The van der Waals surface area contributed by atoms with Crippen LogP contribution in [0.1, 0.15) is 18.1 Å². The highest BCUT2D eigenvalue weighted by Crippen LogP contribution is 2.29. The summed E-state index contributed by atoms with van der Waals surface area (Å²) in [6.45, 7) is 1.76. The molecule has 5 nitrogen and oxygen atoms in total. The smallest absolute Gasteiger partial charge is 0.268 e. The summed E-state index contributed by atoms with van der Waals surface area (Å²) in [5.74, 6) is 4.21. The highest BCUT2D eigenvalue weighted by Gasteiger charge is 2.23. The molecule has 0 unspecified atom stereocenters. The number of hydrogen-bond donors (Lipinski definition) is 1. The monoisotopic (exact) mass is 410 g/mol. The molecule has 0 saturated heterocycles. The minimum atomic E-state index is -4.02. The molecule has 2 aromatic carbocycles. The van der Waals surface area contributed by atoms with E-state index in [4.69, 9.17) is 0 Å². The van der Waals surface area contributed by atoms with Crippen LogP contribution in [0.15, 0.2) is 65.7 Å². The number of carbonyl (C=O) groups excluding carboxylic acids is 1. The number of nitrogens with one attached hydrogen (secondary N) is 1. The van der Waals surface area contributed by atoms with E-state index >= 15 is 0 Å². The molecule has 0 amide bonds. The van der Waals surface area contributed by atoms with E-state index < -0.39 is 15.8 Å². The third-order valence-electron chi connectivity index (χ3n) is 4.15. The predicted molar refractivity (Wildman–Crippen MR) is 109 cm³/mol. The van der Waals surface area contributed by atoms with Gasteiger partial charge in [-0.2, -0.15) is 0 Å². The van der Waals surface area contributed by atoms with Crippen molar-refractivity contribution in [2.24, 2.45) is 0 Å². The fourth-order valence-electron chi connectivity index (χ4n) is 2.87. The Morgan fingerprint density at radius 1 is 1.14 bits per heavy atom. The topological polar surface area (TPSA) is 68.2 Å². The molecule has 29 heavy (non-hydrogen) atoms. The molecule has 0 aliphatic rings. The molecular formula is C22H19FN2O3S. The van der Waals surface area contributed by atoms with Gasteiger partial charge in [0.2, 0.25) is 5.78 Å². The van der Waals surface area contributed by atoms with Gasteiger partial charge in [0.25, 0.3) is 10.0 Å². The molecule has 0 saturated carbocycles. The van der Waals surface area contributed by atoms with Gasteiger partial charge in [-0.1, -0.05) is 24.1 Å². The minimum absolute atomic E-state index is 0.00273. The van der Waals surface area contributed by atoms with E-state index in [0.717, 1.165) is 3.97 Å². The fourth-order valence-corrected chi connectivity index (χ4v) is 4.31. The molecule has 0 aliphatic heterocycles. The second-order valence-corrected chi connectivity index (χ2v) is 8.19. The predicted octanol–water partition coefficient (Wildman–Crippen LogP) is 3.19. The van der Waals surface area contributed by atoms with Crippen LogP contribution >= 0.6 is 0 Å². The molecule has 1 aromatic heterocycles. The quantitative estimate of drug-likeness (QED) is 0.656. The molecule has 0 spiro atoms. The summed E-state index contributed by atoms with van der Waals surface area (Å²) in [6, 6.07) is 13.7. The first kappa shape index (κ1) is 20.5. The molecule has 0 bridgehead atoms. The standard InChI is InChI=1S/C22H19FN2O3S/c1-16(26)10-11-17-6-5-7-19(12-17)29(27,28)25-15-18(14-24-2)13-22(25)20-8-3-4-9-21(20)23/h3-9,12-13,15,24H,14H2,1-2H3. The van der Waals surface area contributed by atoms with Gasteiger partial charge in [-0.25, -0.2) is 16.8 Å². The van der Waals surface area contributed by atoms with E-state index in [1.807, 2.05) is 0 Å². The zero-order chi connectivity index (χ0) is 21.0. The van der Waals surface area contributed by atoms with Gasteiger partial charge >= 0.3 is 0 Å². The number of rotatable bonds is 5. The SMILES string of the molecule is CNCc1cc(-c2ccccc2F)n(S(=O)(=O)c2cccc(C#CC(C)=O)c2)c1. The maximum absolute atomic E-state index is 14.4. The highest BCUT2D eigenvalue weighted by molar-refractivity contribution is 7.90. The van der Waals surface area contributed by atoms with Crippen molar-refractivity contribution < 1.29 is 17.6 Å². The molecule has 0 fully saturated rings. The summed E-state index contributed by atoms with van der Waals surface area (Å²) in [4.78, 5) is 11.1. The van der Waals surface area contributed by atoms with Crippen LogP contribution in [0, 0.1) is 17.7 Å². The Labute approximate surface area is 169 Å². The number of halogens is 1. The second-order valence-electron chi connectivity index (χ2n) is 6.38. The maximum Gasteiger partial charge on any atom is 0.268 e. The van der Waals surface area contributed by atoms with Gasteiger partial charge in [-0.3, -0.25) is 4.79 Å². The van der Waals surface area contributed by atoms with E-state index in [0.29, 0.717) is 17.7 Å². The van der Waals surface area contributed by atoms with Crippen LogP contribution in [0.4, 0.5) is 4.39 Å². The molecule has 3 rings (SSSR count). The van der Waals surface area contributed by atoms with Gasteiger partial charge in [0, 0.05) is 30.8 Å². The number of aromatic nitrogens is 1. The first-order chi connectivity index (χ1) is 13.8. The van der Waals surface area contributed by atoms with Gasteiger partial charge in [0.05, 0.1) is 10.6 Å². The lowest BCUT2D eigenvalue weighted by Crippen LogP contribution is -2.14. The Morgan fingerprint density at radius 2 is 1.90 bits per heavy atom. The van der Waals surface area contributed by atoms with Crippen LogP contribution in [-0.4, -0.2) is 25.2 Å². The van der Waals surface area contributed by atoms with Crippen molar-refractivity contribution in [3.8, 4) is 23.1 Å². The molecule has 0 atom stereocenters. The molecular weight excluding hydrogens is 391 g/mol. The van der Waals surface area contributed by atoms with Crippen molar-refractivity contribution in [2.45, 2.75) is 18.4 Å². The van der Waals surface area contributed by atoms with Crippen LogP contribution < -0.4 is 5.32 Å². The van der Waals surface area contributed by atoms with Crippen molar-refractivity contribution in [1.29, 1.82) is 0 Å². The molecule has 1 N–H and O–H groups in total. The Bertz CT molecular complexity index is 1230. The molecule has 1 heterocycles. The zero-order valence-electron chi connectivity index (χ0n) is 15.9. The number of nitrogens with zero attached hydrogens (tertiary/aromatic N) is 1. The molecule has 148 valence electrons. The van der Waals surface area contributed by atoms with E-state index in [1.165, 1.54) is 37.4 Å². The number of benzene rings is 2. The lowest BCUT2D eigenvalue weighted by molar-refractivity contribution is -0.111. The molecule has 0 aliphatic carbocycles. The van der Waals surface area contributed by atoms with Gasteiger partial charge in [0.15, 0.2) is 0 Å². The maximum atomic E-state index is 14.4. The highest BCUT2D eigenvalue weighted by atomic mass is 32.2. The van der Waals surface area contributed by atoms with Crippen LogP contribution in [0.25, 0.3) is 11.3 Å². The number of hydrogen-bond acceptors (Lipinski definition) is 4. The van der Waals surface area contributed by atoms with Crippen molar-refractivity contribution >= 4 is 15.8 Å². The van der Waals surface area contributed by atoms with E-state index in [2.05, 4.69) is 17.2 Å². The first-order valence-corrected chi connectivity index (χ1v) is 10.3. The summed E-state index contributed by atoms with van der Waals surface area (Å²) in [6.07, 6.45) is 1.47. The van der Waals surface area contributed by atoms with Crippen LogP contribution in [0.3, 0.4) is 0 Å². The summed E-state index contributed by atoms with van der Waals surface area (Å²) in [7, 11) is -2.28. The normalized spacial score (nSPS) is 11.0. The third-order valence-corrected chi connectivity index (χ3v) is 5.82. The Kier molecular flexibility index (Phi) is 5.97. The molecule has 0 radical (unpaired) electrons. The van der Waals surface area contributed by atoms with Crippen LogP contribution in [0.2, 0.25) is 0 Å². The van der Waals surface area contributed by atoms with Gasteiger partial charge in [0.1, 0.15) is 5.82 Å². The van der Waals surface area contributed by atoms with Gasteiger partial charge in [-0.05, 0) is 54.9 Å². The average Bonchev–Trinajstić information content (AvgIpc) is 3.12. The lowest BCUT2D eigenvalue weighted by atomic mass is 10.1. The summed E-state index contributed by atoms with van der Waals surface area (Å²) in [5.41, 5.74) is 1.51. The lowest BCUT2D eigenvalue weighted by Gasteiger charge is -2.11. The van der Waals surface area contributed by atoms with Gasteiger partial charge < -0.3 is 5.32 Å². The molecule has 7 heteroatoms. The Balaban J connectivity index is 2.17. The summed E-state index contributed by atoms with van der Waals surface area (Å²) >= 11 is 0. The Hall–Kier alpha value is -3.21. The summed E-state index contributed by atoms with van der Waals surface area (Å²) in [5, 5.41) is 2.97. The van der Waals surface area contributed by atoms with E-state index in [1.54, 1.807) is 37.4 Å². The van der Waals surface area contributed by atoms with Crippen LogP contribution in [-0.2, 0) is 21.4 Å². The number of ketones is 1. The second kappa shape index (κ2) is 8.43. The zero-order valence-corrected chi connectivity index (χ0v) is 16.8. The third kappa shape index (κ3) is 4.45. The van der Waals surface area contributed by atoms with Crippen molar-refractivity contribution in [3.05, 3.63) is 77.7 Å². The van der Waals surface area contributed by atoms with E-state index in [-0.39, 0.29) is 21.9 Å². The molecule has 3 aromatic rings. The van der Waals surface area contributed by atoms with Crippen molar-refractivity contribution in [1.82, 2.24) is 9.29 Å². The first-order valence-electron chi connectivity index (χ1n) is 8.82. The largest absolute Gasteiger partial charge is 0.316 e. The van der Waals surface area contributed by atoms with Crippen molar-refractivity contribution in [3.63, 3.8) is 0 Å².